The van der Waals surface area contributed by atoms with Crippen molar-refractivity contribution in [3.63, 3.8) is 0 Å². The predicted octanol–water partition coefficient (Wildman–Crippen LogP) is 1.65. The zero-order chi connectivity index (χ0) is 14.3. The summed E-state index contributed by atoms with van der Waals surface area (Å²) in [4.78, 5) is 21.6. The molecule has 0 N–H and O–H groups in total. The quantitative estimate of drug-likeness (QED) is 0.700. The van der Waals surface area contributed by atoms with E-state index in [2.05, 4.69) is 14.7 Å². The number of aromatic nitrogens is 2. The van der Waals surface area contributed by atoms with Crippen molar-refractivity contribution in [3.8, 4) is 5.88 Å². The van der Waals surface area contributed by atoms with Crippen LogP contribution in [0.25, 0.3) is 0 Å². The van der Waals surface area contributed by atoms with E-state index in [4.69, 9.17) is 4.74 Å². The van der Waals surface area contributed by atoms with Gasteiger partial charge in [-0.15, -0.1) is 0 Å². The molecule has 1 aromatic rings. The van der Waals surface area contributed by atoms with Crippen LogP contribution in [0, 0.1) is 0 Å². The summed E-state index contributed by atoms with van der Waals surface area (Å²) in [6, 6.07) is 0. The molecule has 0 bridgehead atoms. The first kappa shape index (κ1) is 15.2. The summed E-state index contributed by atoms with van der Waals surface area (Å²) in [7, 11) is 1.38. The average Bonchev–Trinajstić information content (AvgIpc) is 2.38. The molecule has 1 rings (SSSR count). The van der Waals surface area contributed by atoms with Crippen LogP contribution < -0.4 is 9.64 Å². The molecule has 0 saturated carbocycles. The number of anilines is 1. The Balaban J connectivity index is 2.72. The third-order valence-electron chi connectivity index (χ3n) is 2.48. The molecule has 0 aromatic carbocycles. The number of methoxy groups -OCH3 is 1. The third kappa shape index (κ3) is 5.11. The maximum absolute atomic E-state index is 11.2. The first-order valence-corrected chi connectivity index (χ1v) is 6.37. The van der Waals surface area contributed by atoms with Crippen molar-refractivity contribution in [2.45, 2.75) is 33.3 Å². The number of rotatable bonds is 7. The number of nitrogens with zero attached hydrogens (tertiary/aromatic N) is 3. The molecular weight excluding hydrogens is 246 g/mol. The van der Waals surface area contributed by atoms with Crippen molar-refractivity contribution in [3.05, 3.63) is 12.4 Å². The second kappa shape index (κ2) is 7.56. The number of hydrogen-bond donors (Lipinski definition) is 0. The van der Waals surface area contributed by atoms with E-state index in [1.165, 1.54) is 7.11 Å². The fourth-order valence-electron chi connectivity index (χ4n) is 1.55. The fourth-order valence-corrected chi connectivity index (χ4v) is 1.55. The lowest BCUT2D eigenvalue weighted by Crippen LogP contribution is -2.27. The lowest BCUT2D eigenvalue weighted by atomic mass is 10.3. The highest BCUT2D eigenvalue weighted by molar-refractivity contribution is 5.69. The van der Waals surface area contributed by atoms with Gasteiger partial charge in [-0.2, -0.15) is 4.98 Å². The first-order chi connectivity index (χ1) is 9.06. The van der Waals surface area contributed by atoms with Gasteiger partial charge in [0, 0.05) is 13.1 Å². The zero-order valence-electron chi connectivity index (χ0n) is 11.9. The van der Waals surface area contributed by atoms with Crippen molar-refractivity contribution in [1.29, 1.82) is 0 Å². The highest BCUT2D eigenvalue weighted by atomic mass is 16.5. The van der Waals surface area contributed by atoms with Crippen LogP contribution >= 0.6 is 0 Å². The van der Waals surface area contributed by atoms with E-state index in [1.807, 2.05) is 25.7 Å². The van der Waals surface area contributed by atoms with E-state index in [0.29, 0.717) is 24.7 Å². The van der Waals surface area contributed by atoms with Gasteiger partial charge in [0.2, 0.25) is 5.88 Å². The van der Waals surface area contributed by atoms with Gasteiger partial charge in [0.25, 0.3) is 0 Å². The molecule has 0 saturated heterocycles. The van der Waals surface area contributed by atoms with E-state index in [0.717, 1.165) is 6.54 Å². The van der Waals surface area contributed by atoms with Crippen LogP contribution in [-0.4, -0.2) is 42.2 Å². The van der Waals surface area contributed by atoms with Crippen molar-refractivity contribution in [1.82, 2.24) is 9.97 Å². The molecular formula is C13H21N3O3. The minimum atomic E-state index is -0.235. The second-order valence-electron chi connectivity index (χ2n) is 4.29. The normalized spacial score (nSPS) is 10.4. The molecule has 1 heterocycles. The average molecular weight is 267 g/mol. The van der Waals surface area contributed by atoms with Gasteiger partial charge < -0.3 is 14.4 Å². The molecule has 0 amide bonds. The van der Waals surface area contributed by atoms with E-state index >= 15 is 0 Å². The van der Waals surface area contributed by atoms with Gasteiger partial charge in [0.1, 0.15) is 0 Å². The monoisotopic (exact) mass is 267 g/mol. The maximum atomic E-state index is 11.2. The highest BCUT2D eigenvalue weighted by Crippen LogP contribution is 2.15. The van der Waals surface area contributed by atoms with Crippen LogP contribution in [0.15, 0.2) is 12.4 Å². The summed E-state index contributed by atoms with van der Waals surface area (Å²) < 4.78 is 10.1. The molecule has 0 fully saturated rings. The maximum Gasteiger partial charge on any atom is 0.307 e. The Hall–Kier alpha value is -1.85. The van der Waals surface area contributed by atoms with Gasteiger partial charge >= 0.3 is 5.97 Å². The molecule has 0 radical (unpaired) electrons. The zero-order valence-corrected chi connectivity index (χ0v) is 11.9. The largest absolute Gasteiger partial charge is 0.474 e. The number of esters is 1. The Bertz CT molecular complexity index is 410. The predicted molar refractivity (Wildman–Crippen MR) is 72.3 cm³/mol. The number of hydrogen-bond acceptors (Lipinski definition) is 6. The molecule has 19 heavy (non-hydrogen) atoms. The topological polar surface area (TPSA) is 64.6 Å². The standard InChI is InChI=1S/C13H21N3O3/c1-5-16(7-6-13(17)18-4)11-8-14-9-12(15-11)19-10(2)3/h8-10H,5-7H2,1-4H3. The van der Waals surface area contributed by atoms with Crippen molar-refractivity contribution >= 4 is 11.8 Å². The summed E-state index contributed by atoms with van der Waals surface area (Å²) >= 11 is 0. The molecule has 6 heteroatoms. The van der Waals surface area contributed by atoms with Crippen LogP contribution in [0.4, 0.5) is 5.82 Å². The molecule has 0 aliphatic heterocycles. The van der Waals surface area contributed by atoms with Crippen molar-refractivity contribution in [2.75, 3.05) is 25.1 Å². The summed E-state index contributed by atoms with van der Waals surface area (Å²) in [6.45, 7) is 7.14. The summed E-state index contributed by atoms with van der Waals surface area (Å²) in [5.74, 6) is 0.953. The van der Waals surface area contributed by atoms with Gasteiger partial charge in [0.05, 0.1) is 32.0 Å². The Labute approximate surface area is 113 Å². The Morgan fingerprint density at radius 2 is 2.16 bits per heavy atom. The van der Waals surface area contributed by atoms with Crippen molar-refractivity contribution < 1.29 is 14.3 Å². The molecule has 0 unspecified atom stereocenters. The van der Waals surface area contributed by atoms with Crippen LogP contribution in [0.2, 0.25) is 0 Å². The third-order valence-corrected chi connectivity index (χ3v) is 2.48. The number of carbonyl (C=O) groups excluding carboxylic acids is 1. The molecule has 0 aliphatic carbocycles. The van der Waals surface area contributed by atoms with Gasteiger partial charge in [-0.05, 0) is 20.8 Å². The van der Waals surface area contributed by atoms with Crippen molar-refractivity contribution in [2.24, 2.45) is 0 Å². The van der Waals surface area contributed by atoms with Gasteiger partial charge in [-0.3, -0.25) is 9.78 Å². The second-order valence-corrected chi connectivity index (χ2v) is 4.29. The molecule has 0 aliphatic rings. The summed E-state index contributed by atoms with van der Waals surface area (Å²) in [5, 5.41) is 0. The highest BCUT2D eigenvalue weighted by Gasteiger charge is 2.11. The van der Waals surface area contributed by atoms with E-state index in [9.17, 15) is 4.79 Å². The summed E-state index contributed by atoms with van der Waals surface area (Å²) in [6.07, 6.45) is 3.61. The van der Waals surface area contributed by atoms with E-state index in [1.54, 1.807) is 12.4 Å². The van der Waals surface area contributed by atoms with Gasteiger partial charge in [-0.1, -0.05) is 0 Å². The minimum Gasteiger partial charge on any atom is -0.474 e. The van der Waals surface area contributed by atoms with Crippen LogP contribution in [0.1, 0.15) is 27.2 Å². The summed E-state index contributed by atoms with van der Waals surface area (Å²) in [5.41, 5.74) is 0. The van der Waals surface area contributed by atoms with E-state index < -0.39 is 0 Å². The Morgan fingerprint density at radius 1 is 1.42 bits per heavy atom. The fraction of sp³-hybridized carbons (Fsp3) is 0.615. The van der Waals surface area contributed by atoms with Gasteiger partial charge in [-0.25, -0.2) is 0 Å². The lowest BCUT2D eigenvalue weighted by Gasteiger charge is -2.21. The SMILES string of the molecule is CCN(CCC(=O)OC)c1cncc(OC(C)C)n1. The minimum absolute atomic E-state index is 0.0506. The molecule has 0 atom stereocenters. The number of carbonyl (C=O) groups is 1. The van der Waals surface area contributed by atoms with E-state index in [-0.39, 0.29) is 12.1 Å². The number of ether oxygens (including phenoxy) is 2. The smallest absolute Gasteiger partial charge is 0.307 e. The van der Waals surface area contributed by atoms with Crippen LogP contribution in [0.5, 0.6) is 5.88 Å². The Kier molecular flexibility index (Phi) is 6.05. The first-order valence-electron chi connectivity index (χ1n) is 6.37. The molecule has 106 valence electrons. The molecule has 0 spiro atoms. The lowest BCUT2D eigenvalue weighted by molar-refractivity contribution is -0.140. The molecule has 6 nitrogen and oxygen atoms in total. The Morgan fingerprint density at radius 3 is 2.74 bits per heavy atom. The van der Waals surface area contributed by atoms with Crippen LogP contribution in [-0.2, 0) is 9.53 Å². The molecule has 1 aromatic heterocycles. The van der Waals surface area contributed by atoms with Crippen LogP contribution in [0.3, 0.4) is 0 Å². The van der Waals surface area contributed by atoms with Gasteiger partial charge in [0.15, 0.2) is 5.82 Å².